The number of benzene rings is 1. The molecule has 0 amide bonds. The predicted molar refractivity (Wildman–Crippen MR) is 76.8 cm³/mol. The molecule has 1 aromatic rings. The molecule has 0 aliphatic rings. The smallest absolute Gasteiger partial charge is 0.346 e. The monoisotopic (exact) mass is 332 g/mol. The Labute approximate surface area is 131 Å². The van der Waals surface area contributed by atoms with E-state index in [1.54, 1.807) is 0 Å². The standard InChI is InChI=1S/C14H17ClO7/c1-7(17)10(18)12(19)14(2,21)13(20)22-11-8(6-16)4-3-5-9(11)15/h3-7,10,12,17-19,21H,1-2H3/t7-,10-,12+,14-/m1/s1. The largest absolute Gasteiger partial charge is 0.422 e. The highest BCUT2D eigenvalue weighted by Gasteiger charge is 2.45. The van der Waals surface area contributed by atoms with Crippen molar-refractivity contribution in [3.8, 4) is 5.75 Å². The van der Waals surface area contributed by atoms with Crippen molar-refractivity contribution in [2.45, 2.75) is 37.8 Å². The van der Waals surface area contributed by atoms with Crippen LogP contribution >= 0.6 is 11.6 Å². The van der Waals surface area contributed by atoms with Gasteiger partial charge in [-0.15, -0.1) is 0 Å². The molecule has 0 aliphatic carbocycles. The lowest BCUT2D eigenvalue weighted by Gasteiger charge is -2.31. The average molecular weight is 333 g/mol. The summed E-state index contributed by atoms with van der Waals surface area (Å²) < 4.78 is 4.88. The number of aliphatic hydroxyl groups excluding tert-OH is 3. The quantitative estimate of drug-likeness (QED) is 0.326. The van der Waals surface area contributed by atoms with Crippen LogP contribution in [0.3, 0.4) is 0 Å². The number of rotatable bonds is 6. The maximum absolute atomic E-state index is 12.0. The maximum Gasteiger partial charge on any atom is 0.346 e. The summed E-state index contributed by atoms with van der Waals surface area (Å²) in [6, 6.07) is 4.18. The van der Waals surface area contributed by atoms with Crippen LogP contribution in [0.25, 0.3) is 0 Å². The second kappa shape index (κ2) is 7.17. The summed E-state index contributed by atoms with van der Waals surface area (Å²) in [4.78, 5) is 22.9. The van der Waals surface area contributed by atoms with Gasteiger partial charge in [-0.25, -0.2) is 4.79 Å². The van der Waals surface area contributed by atoms with Crippen LogP contribution in [-0.4, -0.2) is 56.6 Å². The number of carbonyl (C=O) groups excluding carboxylic acids is 2. The van der Waals surface area contributed by atoms with E-state index in [-0.39, 0.29) is 16.3 Å². The normalized spacial score (nSPS) is 18.0. The zero-order chi connectivity index (χ0) is 17.1. The Morgan fingerprint density at radius 1 is 1.36 bits per heavy atom. The van der Waals surface area contributed by atoms with Gasteiger partial charge in [0, 0.05) is 0 Å². The van der Waals surface area contributed by atoms with Gasteiger partial charge in [0.05, 0.1) is 16.7 Å². The molecular weight excluding hydrogens is 316 g/mol. The molecular formula is C14H17ClO7. The van der Waals surface area contributed by atoms with Crippen LogP contribution in [-0.2, 0) is 4.79 Å². The van der Waals surface area contributed by atoms with Gasteiger partial charge >= 0.3 is 5.97 Å². The van der Waals surface area contributed by atoms with Gasteiger partial charge in [0.15, 0.2) is 17.6 Å². The van der Waals surface area contributed by atoms with E-state index in [0.717, 1.165) is 6.92 Å². The number of hydrogen-bond donors (Lipinski definition) is 4. The summed E-state index contributed by atoms with van der Waals surface area (Å²) in [5, 5.41) is 38.6. The van der Waals surface area contributed by atoms with Crippen molar-refractivity contribution < 1.29 is 34.8 Å². The minimum Gasteiger partial charge on any atom is -0.422 e. The molecule has 0 radical (unpaired) electrons. The third-order valence-corrected chi connectivity index (χ3v) is 3.42. The fourth-order valence-electron chi connectivity index (χ4n) is 1.64. The minimum atomic E-state index is -2.53. The van der Waals surface area contributed by atoms with Crippen molar-refractivity contribution in [3.05, 3.63) is 28.8 Å². The Morgan fingerprint density at radius 2 is 1.95 bits per heavy atom. The van der Waals surface area contributed by atoms with E-state index in [1.807, 2.05) is 0 Å². The van der Waals surface area contributed by atoms with Gasteiger partial charge in [0.2, 0.25) is 0 Å². The van der Waals surface area contributed by atoms with Crippen LogP contribution in [0.1, 0.15) is 24.2 Å². The molecule has 8 heteroatoms. The van der Waals surface area contributed by atoms with Crippen LogP contribution in [0.5, 0.6) is 5.75 Å². The van der Waals surface area contributed by atoms with Crippen LogP contribution in [0.4, 0.5) is 0 Å². The van der Waals surface area contributed by atoms with Gasteiger partial charge in [-0.05, 0) is 26.0 Å². The first-order valence-corrected chi connectivity index (χ1v) is 6.73. The van der Waals surface area contributed by atoms with Crippen molar-refractivity contribution in [2.24, 2.45) is 0 Å². The topological polar surface area (TPSA) is 124 Å². The molecule has 1 aromatic carbocycles. The third-order valence-electron chi connectivity index (χ3n) is 3.13. The molecule has 0 spiro atoms. The van der Waals surface area contributed by atoms with Gasteiger partial charge < -0.3 is 25.2 Å². The molecule has 22 heavy (non-hydrogen) atoms. The fourth-order valence-corrected chi connectivity index (χ4v) is 1.86. The third kappa shape index (κ3) is 3.82. The molecule has 122 valence electrons. The molecule has 0 saturated carbocycles. The van der Waals surface area contributed by atoms with Gasteiger partial charge in [-0.3, -0.25) is 4.79 Å². The van der Waals surface area contributed by atoms with Crippen molar-refractivity contribution >= 4 is 23.9 Å². The summed E-state index contributed by atoms with van der Waals surface area (Å²) in [7, 11) is 0. The van der Waals surface area contributed by atoms with Gasteiger partial charge in [-0.2, -0.15) is 0 Å². The number of ether oxygens (including phenoxy) is 1. The molecule has 0 unspecified atom stereocenters. The Kier molecular flexibility index (Phi) is 6.04. The van der Waals surface area contributed by atoms with Gasteiger partial charge in [-0.1, -0.05) is 17.7 Å². The summed E-state index contributed by atoms with van der Waals surface area (Å²) in [6.45, 7) is 2.08. The van der Waals surface area contributed by atoms with Crippen molar-refractivity contribution in [3.63, 3.8) is 0 Å². The minimum absolute atomic E-state index is 0.0257. The lowest BCUT2D eigenvalue weighted by Crippen LogP contribution is -2.56. The van der Waals surface area contributed by atoms with Crippen LogP contribution in [0, 0.1) is 0 Å². The van der Waals surface area contributed by atoms with E-state index in [1.165, 1.54) is 25.1 Å². The Morgan fingerprint density at radius 3 is 2.45 bits per heavy atom. The Balaban J connectivity index is 3.04. The number of esters is 1. The average Bonchev–Trinajstić information content (AvgIpc) is 2.47. The summed E-state index contributed by atoms with van der Waals surface area (Å²) in [6.07, 6.45) is -4.77. The Hall–Kier alpha value is -1.51. The first-order chi connectivity index (χ1) is 10.1. The van der Waals surface area contributed by atoms with Crippen molar-refractivity contribution in [1.29, 1.82) is 0 Å². The van der Waals surface area contributed by atoms with Gasteiger partial charge in [0.25, 0.3) is 0 Å². The first-order valence-electron chi connectivity index (χ1n) is 6.35. The molecule has 0 fully saturated rings. The highest BCUT2D eigenvalue weighted by molar-refractivity contribution is 6.32. The predicted octanol–water partition coefficient (Wildman–Crippen LogP) is -0.0885. The highest BCUT2D eigenvalue weighted by atomic mass is 35.5. The molecule has 4 N–H and O–H groups in total. The highest BCUT2D eigenvalue weighted by Crippen LogP contribution is 2.29. The van der Waals surface area contributed by atoms with Crippen LogP contribution in [0.15, 0.2) is 18.2 Å². The van der Waals surface area contributed by atoms with E-state index in [4.69, 9.17) is 16.3 Å². The van der Waals surface area contributed by atoms with Crippen molar-refractivity contribution in [1.82, 2.24) is 0 Å². The van der Waals surface area contributed by atoms with E-state index >= 15 is 0 Å². The SMILES string of the molecule is C[C@@H](O)[C@@H](O)[C@H](O)[C@@](C)(O)C(=O)Oc1c(Cl)cccc1C=O. The lowest BCUT2D eigenvalue weighted by molar-refractivity contribution is -0.181. The second-order valence-electron chi connectivity index (χ2n) is 4.99. The lowest BCUT2D eigenvalue weighted by atomic mass is 9.92. The molecule has 0 aliphatic heterocycles. The first kappa shape index (κ1) is 18.5. The molecule has 1 rings (SSSR count). The number of hydrogen-bond acceptors (Lipinski definition) is 7. The number of aliphatic hydroxyl groups is 4. The summed E-state index contributed by atoms with van der Waals surface area (Å²) >= 11 is 5.83. The molecule has 0 saturated heterocycles. The van der Waals surface area contributed by atoms with E-state index < -0.39 is 29.9 Å². The zero-order valence-corrected chi connectivity index (χ0v) is 12.7. The fraction of sp³-hybridized carbons (Fsp3) is 0.429. The number of aldehydes is 1. The van der Waals surface area contributed by atoms with Crippen LogP contribution < -0.4 is 4.74 Å². The summed E-state index contributed by atoms with van der Waals surface area (Å²) in [5.74, 6) is -1.61. The number of para-hydroxylation sites is 1. The number of halogens is 1. The molecule has 0 aromatic heterocycles. The maximum atomic E-state index is 12.0. The zero-order valence-electron chi connectivity index (χ0n) is 11.9. The second-order valence-corrected chi connectivity index (χ2v) is 5.40. The van der Waals surface area contributed by atoms with E-state index in [0.29, 0.717) is 6.29 Å². The van der Waals surface area contributed by atoms with E-state index in [9.17, 15) is 30.0 Å². The Bertz CT molecular complexity index is 556. The van der Waals surface area contributed by atoms with Crippen molar-refractivity contribution in [2.75, 3.05) is 0 Å². The molecule has 7 nitrogen and oxygen atoms in total. The van der Waals surface area contributed by atoms with E-state index in [2.05, 4.69) is 0 Å². The summed E-state index contributed by atoms with van der Waals surface area (Å²) in [5.41, 5.74) is -2.56. The number of carbonyl (C=O) groups is 2. The molecule has 4 atom stereocenters. The van der Waals surface area contributed by atoms with Crippen LogP contribution in [0.2, 0.25) is 5.02 Å². The molecule has 0 bridgehead atoms. The van der Waals surface area contributed by atoms with Gasteiger partial charge in [0.1, 0.15) is 12.2 Å². The molecule has 0 heterocycles.